The Morgan fingerprint density at radius 2 is 1.68 bits per heavy atom. The van der Waals surface area contributed by atoms with E-state index in [1.807, 2.05) is 31.2 Å². The summed E-state index contributed by atoms with van der Waals surface area (Å²) in [5.41, 5.74) is 4.67. The Morgan fingerprint density at radius 1 is 1.03 bits per heavy atom. The van der Waals surface area contributed by atoms with E-state index >= 15 is 0 Å². The van der Waals surface area contributed by atoms with Crippen LogP contribution in [0.15, 0.2) is 48.5 Å². The summed E-state index contributed by atoms with van der Waals surface area (Å²) < 4.78 is 5.64. The second-order valence-electron chi connectivity index (χ2n) is 9.40. The van der Waals surface area contributed by atoms with Crippen LogP contribution in [0.2, 0.25) is 0 Å². The van der Waals surface area contributed by atoms with Crippen molar-refractivity contribution in [2.24, 2.45) is 11.8 Å². The van der Waals surface area contributed by atoms with Crippen molar-refractivity contribution in [1.82, 2.24) is 10.6 Å². The Kier molecular flexibility index (Phi) is 7.50. The Morgan fingerprint density at radius 3 is 2.32 bits per heavy atom. The first-order valence-corrected chi connectivity index (χ1v) is 12.0. The van der Waals surface area contributed by atoms with Crippen molar-refractivity contribution < 1.29 is 24.2 Å². The lowest BCUT2D eigenvalue weighted by Gasteiger charge is -2.22. The minimum Gasteiger partial charge on any atom is -0.481 e. The van der Waals surface area contributed by atoms with Crippen molar-refractivity contribution in [3.8, 4) is 11.1 Å². The molecule has 2 aromatic carbocycles. The van der Waals surface area contributed by atoms with E-state index in [1.165, 1.54) is 11.1 Å². The molecule has 0 saturated heterocycles. The van der Waals surface area contributed by atoms with Crippen molar-refractivity contribution in [3.63, 3.8) is 0 Å². The van der Waals surface area contributed by atoms with Gasteiger partial charge in [-0.3, -0.25) is 9.59 Å². The Bertz CT molecular complexity index is 1010. The number of carbonyl (C=O) groups excluding carboxylic acids is 2. The van der Waals surface area contributed by atoms with E-state index in [0.29, 0.717) is 19.4 Å². The first-order valence-electron chi connectivity index (χ1n) is 12.0. The number of hydrogen-bond donors (Lipinski definition) is 3. The van der Waals surface area contributed by atoms with E-state index in [9.17, 15) is 14.4 Å². The molecule has 1 unspecified atom stereocenters. The van der Waals surface area contributed by atoms with Crippen molar-refractivity contribution in [2.45, 2.75) is 51.0 Å². The fraction of sp³-hybridized carbons (Fsp3) is 0.444. The van der Waals surface area contributed by atoms with E-state index in [2.05, 4.69) is 34.9 Å². The van der Waals surface area contributed by atoms with Crippen molar-refractivity contribution >= 4 is 18.0 Å². The number of carbonyl (C=O) groups is 3. The average molecular weight is 465 g/mol. The number of amides is 2. The summed E-state index contributed by atoms with van der Waals surface area (Å²) in [5, 5.41) is 14.6. The molecule has 3 atom stereocenters. The van der Waals surface area contributed by atoms with Crippen molar-refractivity contribution in [2.75, 3.05) is 13.2 Å². The molecule has 1 saturated carbocycles. The van der Waals surface area contributed by atoms with Crippen molar-refractivity contribution in [3.05, 3.63) is 59.7 Å². The molecule has 34 heavy (non-hydrogen) atoms. The molecule has 0 radical (unpaired) electrons. The molecule has 0 bridgehead atoms. The fourth-order valence-corrected chi connectivity index (χ4v) is 5.12. The van der Waals surface area contributed by atoms with Gasteiger partial charge >= 0.3 is 12.1 Å². The predicted octanol–water partition coefficient (Wildman–Crippen LogP) is 4.31. The average Bonchev–Trinajstić information content (AvgIpc) is 3.42. The zero-order valence-electron chi connectivity index (χ0n) is 19.5. The molecule has 2 amide bonds. The van der Waals surface area contributed by atoms with Crippen LogP contribution >= 0.6 is 0 Å². The molecule has 0 aliphatic heterocycles. The molecule has 7 heteroatoms. The van der Waals surface area contributed by atoms with Crippen LogP contribution in [0.4, 0.5) is 4.79 Å². The summed E-state index contributed by atoms with van der Waals surface area (Å²) in [6.45, 7) is 2.59. The highest BCUT2D eigenvalue weighted by Gasteiger charge is 2.35. The lowest BCUT2D eigenvalue weighted by atomic mass is 9.98. The minimum absolute atomic E-state index is 0.00638. The van der Waals surface area contributed by atoms with E-state index in [1.54, 1.807) is 0 Å². The number of ether oxygens (including phenoxy) is 1. The molecular formula is C27H32N2O5. The maximum atomic E-state index is 12.7. The van der Waals surface area contributed by atoms with Crippen molar-refractivity contribution in [1.29, 1.82) is 0 Å². The number of nitrogens with one attached hydrogen (secondary N) is 2. The van der Waals surface area contributed by atoms with Crippen LogP contribution in [-0.2, 0) is 14.3 Å². The summed E-state index contributed by atoms with van der Waals surface area (Å²) >= 11 is 0. The Labute approximate surface area is 199 Å². The van der Waals surface area contributed by atoms with Gasteiger partial charge in [-0.05, 0) is 47.4 Å². The van der Waals surface area contributed by atoms with Gasteiger partial charge in [-0.2, -0.15) is 0 Å². The van der Waals surface area contributed by atoms with E-state index < -0.39 is 12.1 Å². The van der Waals surface area contributed by atoms with Crippen LogP contribution in [0.5, 0.6) is 0 Å². The first kappa shape index (κ1) is 23.8. The standard InChI is InChI=1S/C27H32N2O5/c1-17(13-14-25(30)31)15-28-26(32)22-11-6-12-24(22)29-27(33)34-16-23-20-9-4-2-7-18(20)19-8-3-5-10-21(19)23/h2-5,7-10,17,22-24H,6,11-16H2,1H3,(H,28,32)(H,29,33)(H,30,31)/t17?,22-,24+/m1/s1. The van der Waals surface area contributed by atoms with Gasteiger partial charge in [-0.15, -0.1) is 0 Å². The molecule has 3 N–H and O–H groups in total. The molecule has 4 rings (SSSR count). The zero-order chi connectivity index (χ0) is 24.1. The number of alkyl carbamates (subject to hydrolysis) is 1. The second kappa shape index (κ2) is 10.7. The summed E-state index contributed by atoms with van der Waals surface area (Å²) in [6.07, 6.45) is 2.41. The third-order valence-corrected chi connectivity index (χ3v) is 6.98. The van der Waals surface area contributed by atoms with Crippen LogP contribution in [-0.4, -0.2) is 42.3 Å². The number of rotatable bonds is 9. The number of benzene rings is 2. The Balaban J connectivity index is 1.29. The van der Waals surface area contributed by atoms with Gasteiger partial charge in [0.05, 0.1) is 5.92 Å². The largest absolute Gasteiger partial charge is 0.481 e. The van der Waals surface area contributed by atoms with Gasteiger partial charge in [0, 0.05) is 24.9 Å². The minimum atomic E-state index is -0.832. The fourth-order valence-electron chi connectivity index (χ4n) is 5.12. The SMILES string of the molecule is CC(CCC(=O)O)CNC(=O)[C@@H]1CCC[C@@H]1NC(=O)OCC1c2ccccc2-c2ccccc21. The maximum absolute atomic E-state index is 12.7. The summed E-state index contributed by atoms with van der Waals surface area (Å²) in [5.74, 6) is -1.15. The second-order valence-corrected chi connectivity index (χ2v) is 9.40. The summed E-state index contributed by atoms with van der Waals surface area (Å²) in [6, 6.07) is 16.1. The molecule has 7 nitrogen and oxygen atoms in total. The van der Waals surface area contributed by atoms with Gasteiger partial charge < -0.3 is 20.5 Å². The number of hydrogen-bond acceptors (Lipinski definition) is 4. The lowest BCUT2D eigenvalue weighted by Crippen LogP contribution is -2.45. The maximum Gasteiger partial charge on any atom is 0.407 e. The van der Waals surface area contributed by atoms with E-state index in [4.69, 9.17) is 9.84 Å². The summed E-state index contributed by atoms with van der Waals surface area (Å²) in [4.78, 5) is 36.1. The molecule has 2 aliphatic rings. The molecule has 180 valence electrons. The number of carboxylic acids is 1. The number of fused-ring (bicyclic) bond motifs is 3. The van der Waals surface area contributed by atoms with Crippen LogP contribution in [0, 0.1) is 11.8 Å². The zero-order valence-corrected chi connectivity index (χ0v) is 19.5. The van der Waals surface area contributed by atoms with Gasteiger partial charge in [0.25, 0.3) is 0 Å². The van der Waals surface area contributed by atoms with Crippen LogP contribution in [0.1, 0.15) is 56.1 Å². The first-order chi connectivity index (χ1) is 16.4. The molecule has 0 aromatic heterocycles. The molecule has 0 heterocycles. The smallest absolute Gasteiger partial charge is 0.407 e. The molecular weight excluding hydrogens is 432 g/mol. The van der Waals surface area contributed by atoms with Crippen LogP contribution < -0.4 is 10.6 Å². The number of aliphatic carboxylic acids is 1. The molecule has 2 aromatic rings. The predicted molar refractivity (Wildman–Crippen MR) is 128 cm³/mol. The molecule has 1 fully saturated rings. The normalized spacial score (nSPS) is 19.7. The van der Waals surface area contributed by atoms with Gasteiger partial charge in [0.15, 0.2) is 0 Å². The molecule has 0 spiro atoms. The quantitative estimate of drug-likeness (QED) is 0.513. The van der Waals surface area contributed by atoms with E-state index in [0.717, 1.165) is 24.0 Å². The van der Waals surface area contributed by atoms with Gasteiger partial charge in [-0.25, -0.2) is 4.79 Å². The highest BCUT2D eigenvalue weighted by atomic mass is 16.5. The lowest BCUT2D eigenvalue weighted by molar-refractivity contribution is -0.137. The Hall–Kier alpha value is -3.35. The third kappa shape index (κ3) is 5.41. The van der Waals surface area contributed by atoms with Gasteiger partial charge in [0.1, 0.15) is 6.61 Å². The van der Waals surface area contributed by atoms with E-state index in [-0.39, 0.29) is 42.7 Å². The molecule has 2 aliphatic carbocycles. The van der Waals surface area contributed by atoms with Gasteiger partial charge in [0.2, 0.25) is 5.91 Å². The van der Waals surface area contributed by atoms with Crippen LogP contribution in [0.3, 0.4) is 0 Å². The monoisotopic (exact) mass is 464 g/mol. The number of carboxylic acid groups (broad SMARTS) is 1. The highest BCUT2D eigenvalue weighted by Crippen LogP contribution is 2.44. The third-order valence-electron chi connectivity index (χ3n) is 6.98. The highest BCUT2D eigenvalue weighted by molar-refractivity contribution is 5.81. The topological polar surface area (TPSA) is 105 Å². The summed E-state index contributed by atoms with van der Waals surface area (Å²) in [7, 11) is 0. The van der Waals surface area contributed by atoms with Gasteiger partial charge in [-0.1, -0.05) is 61.9 Å². The van der Waals surface area contributed by atoms with Crippen LogP contribution in [0.25, 0.3) is 11.1 Å².